The van der Waals surface area contributed by atoms with E-state index in [4.69, 9.17) is 0 Å². The fraction of sp³-hybridized carbons (Fsp3) is 0.600. The van der Waals surface area contributed by atoms with Crippen LogP contribution in [0.5, 0.6) is 0 Å². The minimum atomic E-state index is -3.93. The summed E-state index contributed by atoms with van der Waals surface area (Å²) < 4.78 is 27.7. The van der Waals surface area contributed by atoms with Crippen molar-refractivity contribution in [3.63, 3.8) is 0 Å². The summed E-state index contributed by atoms with van der Waals surface area (Å²) in [5, 5.41) is 23.1. The van der Waals surface area contributed by atoms with Gasteiger partial charge < -0.3 is 15.5 Å². The van der Waals surface area contributed by atoms with Crippen LogP contribution in [0.2, 0.25) is 0 Å². The molecule has 3 N–H and O–H groups in total. The summed E-state index contributed by atoms with van der Waals surface area (Å²) in [5.41, 5.74) is -0.171. The molecular weight excluding hydrogens is 396 g/mol. The Kier molecular flexibility index (Phi) is 6.03. The number of anilines is 1. The highest BCUT2D eigenvalue weighted by Crippen LogP contribution is 2.39. The molecule has 160 valence electrons. The number of aliphatic carboxylic acids is 1. The summed E-state index contributed by atoms with van der Waals surface area (Å²) in [6.45, 7) is 3.73. The third kappa shape index (κ3) is 4.17. The van der Waals surface area contributed by atoms with Crippen molar-refractivity contribution in [3.8, 4) is 0 Å². The molecule has 29 heavy (non-hydrogen) atoms. The number of carbonyl (C=O) groups excluding carboxylic acids is 1. The number of hydrogen-bond acceptors (Lipinski definition) is 5. The van der Waals surface area contributed by atoms with E-state index in [1.807, 2.05) is 13.8 Å². The lowest BCUT2D eigenvalue weighted by molar-refractivity contribution is -0.162. The smallest absolute Gasteiger partial charge is 0.313 e. The number of carboxylic acids is 1. The number of aliphatic hydroxyl groups is 1. The van der Waals surface area contributed by atoms with Crippen LogP contribution in [-0.2, 0) is 26.0 Å². The molecule has 0 aliphatic carbocycles. The maximum atomic E-state index is 13.3. The zero-order valence-electron chi connectivity index (χ0n) is 16.7. The average molecular weight is 425 g/mol. The number of amides is 1. The molecule has 8 nitrogen and oxygen atoms in total. The van der Waals surface area contributed by atoms with Crippen molar-refractivity contribution in [2.45, 2.75) is 57.0 Å². The molecule has 0 radical (unpaired) electrons. The monoisotopic (exact) mass is 424 g/mol. The van der Waals surface area contributed by atoms with Gasteiger partial charge in [-0.3, -0.25) is 9.59 Å². The molecular formula is C20H28N2O6S. The number of benzene rings is 1. The second kappa shape index (κ2) is 8.04. The first kappa shape index (κ1) is 21.7. The molecule has 0 saturated carbocycles. The lowest BCUT2D eigenvalue weighted by Gasteiger charge is -2.43. The van der Waals surface area contributed by atoms with Crippen LogP contribution in [-0.4, -0.2) is 54.0 Å². The minimum Gasteiger partial charge on any atom is -0.481 e. The molecule has 1 amide bonds. The van der Waals surface area contributed by atoms with Gasteiger partial charge in [0.25, 0.3) is 0 Å². The highest BCUT2D eigenvalue weighted by atomic mass is 32.2. The van der Waals surface area contributed by atoms with E-state index in [1.165, 1.54) is 10.4 Å². The number of aliphatic hydroxyl groups excluding tert-OH is 1. The number of rotatable bonds is 6. The summed E-state index contributed by atoms with van der Waals surface area (Å²) in [7, 11) is -3.93. The maximum Gasteiger partial charge on any atom is 0.313 e. The summed E-state index contributed by atoms with van der Waals surface area (Å²) in [4.78, 5) is 23.7. The molecule has 2 aliphatic heterocycles. The number of hydrogen-bond donors (Lipinski definition) is 3. The summed E-state index contributed by atoms with van der Waals surface area (Å²) >= 11 is 0. The van der Waals surface area contributed by atoms with Crippen LogP contribution in [0.15, 0.2) is 23.1 Å². The first-order valence-corrected chi connectivity index (χ1v) is 11.3. The number of nitrogens with zero attached hydrogens (tertiary/aromatic N) is 1. The Balaban J connectivity index is 1.90. The van der Waals surface area contributed by atoms with Crippen LogP contribution in [0.25, 0.3) is 0 Å². The predicted octanol–water partition coefficient (Wildman–Crippen LogP) is 1.83. The zero-order valence-corrected chi connectivity index (χ0v) is 17.5. The van der Waals surface area contributed by atoms with E-state index < -0.39 is 27.5 Å². The van der Waals surface area contributed by atoms with Gasteiger partial charge in [-0.15, -0.1) is 0 Å². The van der Waals surface area contributed by atoms with Gasteiger partial charge in [-0.1, -0.05) is 13.8 Å². The SMILES string of the molecule is CC(C)CC[C@@]1(C(=O)O)CN(S(=O)(=O)c2ccc3c(c2)CCC(=O)N3)CC[C@@H]1O. The molecule has 1 fully saturated rings. The molecule has 3 rings (SSSR count). The number of fused-ring (bicyclic) bond motifs is 1. The zero-order chi connectivity index (χ0) is 21.4. The van der Waals surface area contributed by atoms with Crippen molar-refractivity contribution in [2.75, 3.05) is 18.4 Å². The number of sulfonamides is 1. The second-order valence-electron chi connectivity index (χ2n) is 8.40. The van der Waals surface area contributed by atoms with E-state index in [0.29, 0.717) is 24.9 Å². The highest BCUT2D eigenvalue weighted by molar-refractivity contribution is 7.89. The lowest BCUT2D eigenvalue weighted by atomic mass is 9.73. The summed E-state index contributed by atoms with van der Waals surface area (Å²) in [6.07, 6.45) is 0.522. The van der Waals surface area contributed by atoms with Gasteiger partial charge in [0.2, 0.25) is 15.9 Å². The Morgan fingerprint density at radius 1 is 1.34 bits per heavy atom. The largest absolute Gasteiger partial charge is 0.481 e. The van der Waals surface area contributed by atoms with E-state index >= 15 is 0 Å². The molecule has 0 spiro atoms. The van der Waals surface area contributed by atoms with Crippen molar-refractivity contribution < 1.29 is 28.2 Å². The van der Waals surface area contributed by atoms with Gasteiger partial charge >= 0.3 is 5.97 Å². The summed E-state index contributed by atoms with van der Waals surface area (Å²) in [5.74, 6) is -1.03. The third-order valence-corrected chi connectivity index (χ3v) is 7.79. The predicted molar refractivity (Wildman–Crippen MR) is 107 cm³/mol. The lowest BCUT2D eigenvalue weighted by Crippen LogP contribution is -2.57. The Morgan fingerprint density at radius 2 is 2.07 bits per heavy atom. The van der Waals surface area contributed by atoms with Crippen molar-refractivity contribution in [3.05, 3.63) is 23.8 Å². The maximum absolute atomic E-state index is 13.3. The highest BCUT2D eigenvalue weighted by Gasteiger charge is 2.51. The fourth-order valence-corrected chi connectivity index (χ4v) is 5.60. The van der Waals surface area contributed by atoms with Crippen LogP contribution >= 0.6 is 0 Å². The van der Waals surface area contributed by atoms with Gasteiger partial charge in [0.05, 0.1) is 11.0 Å². The van der Waals surface area contributed by atoms with Crippen LogP contribution in [0.4, 0.5) is 5.69 Å². The topological polar surface area (TPSA) is 124 Å². The van der Waals surface area contributed by atoms with Crippen LogP contribution < -0.4 is 5.32 Å². The van der Waals surface area contributed by atoms with E-state index in [0.717, 1.165) is 5.56 Å². The second-order valence-corrected chi connectivity index (χ2v) is 10.3. The van der Waals surface area contributed by atoms with Crippen molar-refractivity contribution in [1.29, 1.82) is 0 Å². The minimum absolute atomic E-state index is 0.0635. The van der Waals surface area contributed by atoms with E-state index in [1.54, 1.807) is 12.1 Å². The standard InChI is InChI=1S/C20H28N2O6S/c1-13(2)7-9-20(19(25)26)12-22(10-8-17(20)23)29(27,28)15-4-5-16-14(11-15)3-6-18(24)21-16/h4-5,11,13,17,23H,3,6-10,12H2,1-2H3,(H,21,24)(H,25,26)/t17-,20+/m0/s1. The molecule has 9 heteroatoms. The van der Waals surface area contributed by atoms with E-state index in [-0.39, 0.29) is 42.7 Å². The summed E-state index contributed by atoms with van der Waals surface area (Å²) in [6, 6.07) is 4.55. The molecule has 1 saturated heterocycles. The third-order valence-electron chi connectivity index (χ3n) is 5.95. The van der Waals surface area contributed by atoms with Gasteiger partial charge in [0.15, 0.2) is 0 Å². The van der Waals surface area contributed by atoms with Gasteiger partial charge in [0.1, 0.15) is 5.41 Å². The van der Waals surface area contributed by atoms with Gasteiger partial charge in [-0.05, 0) is 55.4 Å². The number of nitrogens with one attached hydrogen (secondary N) is 1. The molecule has 2 heterocycles. The Bertz CT molecular complexity index is 914. The van der Waals surface area contributed by atoms with Crippen LogP contribution in [0.3, 0.4) is 0 Å². The van der Waals surface area contributed by atoms with Crippen molar-refractivity contribution in [2.24, 2.45) is 11.3 Å². The number of carboxylic acid groups (broad SMARTS) is 1. The van der Waals surface area contributed by atoms with Gasteiger partial charge in [-0.25, -0.2) is 8.42 Å². The Hall–Kier alpha value is -1.97. The Labute approximate surface area is 171 Å². The normalized spacial score (nSPS) is 25.5. The molecule has 2 atom stereocenters. The quantitative estimate of drug-likeness (QED) is 0.640. The number of carbonyl (C=O) groups is 2. The van der Waals surface area contributed by atoms with Crippen molar-refractivity contribution >= 4 is 27.6 Å². The average Bonchev–Trinajstić information content (AvgIpc) is 2.66. The van der Waals surface area contributed by atoms with Gasteiger partial charge in [0, 0.05) is 25.2 Å². The first-order valence-electron chi connectivity index (χ1n) is 9.90. The molecule has 2 aliphatic rings. The van der Waals surface area contributed by atoms with Crippen LogP contribution in [0.1, 0.15) is 45.1 Å². The number of piperidine rings is 1. The van der Waals surface area contributed by atoms with E-state index in [9.17, 15) is 28.2 Å². The molecule has 1 aromatic carbocycles. The fourth-order valence-electron chi connectivity index (χ4n) is 4.03. The molecule has 1 aromatic rings. The Morgan fingerprint density at radius 3 is 2.72 bits per heavy atom. The first-order chi connectivity index (χ1) is 13.6. The number of aryl methyl sites for hydroxylation is 1. The molecule has 0 unspecified atom stereocenters. The van der Waals surface area contributed by atoms with Crippen molar-refractivity contribution in [1.82, 2.24) is 4.31 Å². The van der Waals surface area contributed by atoms with Crippen LogP contribution in [0, 0.1) is 11.3 Å². The molecule has 0 bridgehead atoms. The molecule has 0 aromatic heterocycles. The van der Waals surface area contributed by atoms with E-state index in [2.05, 4.69) is 5.32 Å². The van der Waals surface area contributed by atoms with Gasteiger partial charge in [-0.2, -0.15) is 4.31 Å².